The van der Waals surface area contributed by atoms with Crippen LogP contribution in [0, 0.1) is 0 Å². The van der Waals surface area contributed by atoms with Crippen molar-refractivity contribution in [3.8, 4) is 11.5 Å². The van der Waals surface area contributed by atoms with Gasteiger partial charge in [0, 0.05) is 6.20 Å². The lowest BCUT2D eigenvalue weighted by atomic mass is 10.1. The zero-order valence-corrected chi connectivity index (χ0v) is 13.4. The van der Waals surface area contributed by atoms with Gasteiger partial charge >= 0.3 is 12.4 Å². The van der Waals surface area contributed by atoms with E-state index in [9.17, 15) is 31.1 Å². The average Bonchev–Trinajstić information content (AvgIpc) is 2.58. The first-order valence-corrected chi connectivity index (χ1v) is 7.28. The molecule has 146 valence electrons. The van der Waals surface area contributed by atoms with Crippen molar-refractivity contribution < 1.29 is 40.6 Å². The third-order valence-corrected chi connectivity index (χ3v) is 2.91. The van der Waals surface area contributed by atoms with Crippen molar-refractivity contribution in [1.82, 2.24) is 4.98 Å². The highest BCUT2D eigenvalue weighted by atomic mass is 19.4. The van der Waals surface area contributed by atoms with Crippen molar-refractivity contribution in [2.75, 3.05) is 18.5 Å². The molecule has 2 aromatic rings. The van der Waals surface area contributed by atoms with Gasteiger partial charge in [0.1, 0.15) is 11.5 Å². The largest absolute Gasteiger partial charge is 0.484 e. The van der Waals surface area contributed by atoms with Gasteiger partial charge in [-0.2, -0.15) is 26.3 Å². The molecule has 1 N–H and O–H groups in total. The molecular weight excluding hydrogens is 382 g/mol. The SMILES string of the molecule is O=C(Nc1cccnc1)c1cc(OCC(F)(F)F)ccc1OCC(F)(F)F. The van der Waals surface area contributed by atoms with Crippen molar-refractivity contribution in [1.29, 1.82) is 0 Å². The van der Waals surface area contributed by atoms with E-state index in [0.717, 1.165) is 18.2 Å². The summed E-state index contributed by atoms with van der Waals surface area (Å²) in [5.74, 6) is -1.73. The molecule has 0 bridgehead atoms. The van der Waals surface area contributed by atoms with Gasteiger partial charge in [-0.05, 0) is 30.3 Å². The van der Waals surface area contributed by atoms with E-state index >= 15 is 0 Å². The Bertz CT molecular complexity index is 778. The molecule has 0 aliphatic heterocycles. The van der Waals surface area contributed by atoms with Crippen LogP contribution in [0.25, 0.3) is 0 Å². The fraction of sp³-hybridized carbons (Fsp3) is 0.250. The Morgan fingerprint density at radius 2 is 1.67 bits per heavy atom. The molecule has 0 aliphatic rings. The number of amides is 1. The number of aromatic nitrogens is 1. The summed E-state index contributed by atoms with van der Waals surface area (Å²) in [5.41, 5.74) is -0.200. The lowest BCUT2D eigenvalue weighted by Crippen LogP contribution is -2.22. The number of nitrogens with one attached hydrogen (secondary N) is 1. The first-order valence-electron chi connectivity index (χ1n) is 7.28. The van der Waals surface area contributed by atoms with Gasteiger partial charge in [0.25, 0.3) is 5.91 Å². The number of anilines is 1. The summed E-state index contributed by atoms with van der Waals surface area (Å²) in [6.45, 7) is -3.30. The summed E-state index contributed by atoms with van der Waals surface area (Å²) in [4.78, 5) is 16.1. The van der Waals surface area contributed by atoms with Crippen LogP contribution in [0.4, 0.5) is 32.0 Å². The van der Waals surface area contributed by atoms with E-state index in [4.69, 9.17) is 0 Å². The molecule has 0 fully saturated rings. The van der Waals surface area contributed by atoms with Crippen LogP contribution < -0.4 is 14.8 Å². The monoisotopic (exact) mass is 394 g/mol. The Morgan fingerprint density at radius 3 is 2.26 bits per heavy atom. The topological polar surface area (TPSA) is 60.5 Å². The number of alkyl halides is 6. The second-order valence-electron chi connectivity index (χ2n) is 5.16. The summed E-state index contributed by atoms with van der Waals surface area (Å²) in [6, 6.07) is 5.72. The fourth-order valence-electron chi connectivity index (χ4n) is 1.86. The van der Waals surface area contributed by atoms with Gasteiger partial charge in [-0.1, -0.05) is 0 Å². The smallest absolute Gasteiger partial charge is 0.422 e. The maximum absolute atomic E-state index is 12.4. The molecule has 1 amide bonds. The van der Waals surface area contributed by atoms with E-state index in [1.807, 2.05) is 0 Å². The quantitative estimate of drug-likeness (QED) is 0.746. The van der Waals surface area contributed by atoms with Crippen molar-refractivity contribution in [2.24, 2.45) is 0 Å². The van der Waals surface area contributed by atoms with Crippen LogP contribution >= 0.6 is 0 Å². The molecule has 0 saturated heterocycles. The van der Waals surface area contributed by atoms with Gasteiger partial charge in [0.2, 0.25) is 0 Å². The third-order valence-electron chi connectivity index (χ3n) is 2.91. The first kappa shape index (κ1) is 20.3. The molecule has 0 radical (unpaired) electrons. The highest BCUT2D eigenvalue weighted by Crippen LogP contribution is 2.28. The molecule has 5 nitrogen and oxygen atoms in total. The second-order valence-corrected chi connectivity index (χ2v) is 5.16. The number of benzene rings is 1. The van der Waals surface area contributed by atoms with Gasteiger partial charge < -0.3 is 14.8 Å². The lowest BCUT2D eigenvalue weighted by molar-refractivity contribution is -0.154. The number of hydrogen-bond donors (Lipinski definition) is 1. The van der Waals surface area contributed by atoms with Gasteiger partial charge in [0.05, 0.1) is 17.4 Å². The van der Waals surface area contributed by atoms with E-state index in [0.29, 0.717) is 0 Å². The minimum Gasteiger partial charge on any atom is -0.484 e. The van der Waals surface area contributed by atoms with Crippen molar-refractivity contribution in [3.05, 3.63) is 48.3 Å². The van der Waals surface area contributed by atoms with E-state index < -0.39 is 42.8 Å². The Hall–Kier alpha value is -2.98. The molecule has 11 heteroatoms. The first-order chi connectivity index (χ1) is 12.5. The van der Waals surface area contributed by atoms with Crippen LogP contribution in [-0.2, 0) is 0 Å². The molecule has 0 aliphatic carbocycles. The van der Waals surface area contributed by atoms with Crippen LogP contribution in [0.1, 0.15) is 10.4 Å². The minimum absolute atomic E-state index is 0.228. The minimum atomic E-state index is -4.66. The number of hydrogen-bond acceptors (Lipinski definition) is 4. The summed E-state index contributed by atoms with van der Waals surface area (Å²) in [5, 5.41) is 2.35. The number of pyridine rings is 1. The zero-order chi connectivity index (χ0) is 20.1. The Balaban J connectivity index is 2.25. The van der Waals surface area contributed by atoms with Crippen LogP contribution in [0.2, 0.25) is 0 Å². The Morgan fingerprint density at radius 1 is 1.00 bits per heavy atom. The van der Waals surface area contributed by atoms with Crippen LogP contribution in [0.5, 0.6) is 11.5 Å². The molecule has 1 aromatic carbocycles. The van der Waals surface area contributed by atoms with Crippen LogP contribution in [-0.4, -0.2) is 36.5 Å². The van der Waals surface area contributed by atoms with Gasteiger partial charge in [0.15, 0.2) is 13.2 Å². The fourth-order valence-corrected chi connectivity index (χ4v) is 1.86. The number of rotatable bonds is 6. The maximum Gasteiger partial charge on any atom is 0.422 e. The summed E-state index contributed by atoms with van der Waals surface area (Å²) < 4.78 is 83.0. The maximum atomic E-state index is 12.4. The molecule has 2 rings (SSSR count). The van der Waals surface area contributed by atoms with E-state index in [1.165, 1.54) is 24.5 Å². The van der Waals surface area contributed by atoms with Gasteiger partial charge in [-0.25, -0.2) is 0 Å². The molecule has 1 aromatic heterocycles. The second kappa shape index (κ2) is 8.14. The van der Waals surface area contributed by atoms with E-state index in [2.05, 4.69) is 19.8 Å². The molecule has 0 unspecified atom stereocenters. The third kappa shape index (κ3) is 7.04. The Labute approximate surface area is 148 Å². The highest BCUT2D eigenvalue weighted by Gasteiger charge is 2.30. The molecule has 27 heavy (non-hydrogen) atoms. The Kier molecular flexibility index (Phi) is 6.13. The van der Waals surface area contributed by atoms with Gasteiger partial charge in [-0.3, -0.25) is 9.78 Å². The van der Waals surface area contributed by atoms with Gasteiger partial charge in [-0.15, -0.1) is 0 Å². The number of nitrogens with zero attached hydrogens (tertiary/aromatic N) is 1. The lowest BCUT2D eigenvalue weighted by Gasteiger charge is -2.15. The molecule has 0 saturated carbocycles. The summed E-state index contributed by atoms with van der Waals surface area (Å²) in [7, 11) is 0. The summed E-state index contributed by atoms with van der Waals surface area (Å²) in [6.07, 6.45) is -6.58. The van der Waals surface area contributed by atoms with Crippen LogP contribution in [0.3, 0.4) is 0 Å². The molecule has 1 heterocycles. The zero-order valence-electron chi connectivity index (χ0n) is 13.4. The molecule has 0 atom stereocenters. The van der Waals surface area contributed by atoms with E-state index in [-0.39, 0.29) is 11.4 Å². The highest BCUT2D eigenvalue weighted by molar-refractivity contribution is 6.06. The van der Waals surface area contributed by atoms with Crippen molar-refractivity contribution >= 4 is 11.6 Å². The predicted molar refractivity (Wildman–Crippen MR) is 81.7 cm³/mol. The molecular formula is C16H12F6N2O3. The predicted octanol–water partition coefficient (Wildman–Crippen LogP) is 4.22. The number of carbonyl (C=O) groups is 1. The normalized spacial score (nSPS) is 11.8. The molecule has 0 spiro atoms. The number of carbonyl (C=O) groups excluding carboxylic acids is 1. The van der Waals surface area contributed by atoms with Crippen LogP contribution in [0.15, 0.2) is 42.7 Å². The van der Waals surface area contributed by atoms with Crippen molar-refractivity contribution in [2.45, 2.75) is 12.4 Å². The van der Waals surface area contributed by atoms with Crippen molar-refractivity contribution in [3.63, 3.8) is 0 Å². The average molecular weight is 394 g/mol. The standard InChI is InChI=1S/C16H12F6N2O3/c17-15(18,19)8-26-11-3-4-13(27-9-16(20,21)22)12(6-11)14(25)24-10-2-1-5-23-7-10/h1-7H,8-9H2,(H,24,25). The number of ether oxygens (including phenoxy) is 2. The number of halogens is 6. The summed E-state index contributed by atoms with van der Waals surface area (Å²) >= 11 is 0. The van der Waals surface area contributed by atoms with E-state index in [1.54, 1.807) is 0 Å².